The van der Waals surface area contributed by atoms with Gasteiger partial charge in [-0.15, -0.1) is 0 Å². The Morgan fingerprint density at radius 3 is 2.63 bits per heavy atom. The monoisotopic (exact) mass is 286 g/mol. The van der Waals surface area contributed by atoms with Crippen LogP contribution in [-0.2, 0) is 16.3 Å². The zero-order valence-electron chi connectivity index (χ0n) is 11.7. The Balaban J connectivity index is 2.68. The van der Waals surface area contributed by atoms with E-state index in [0.29, 0.717) is 18.7 Å². The molecule has 0 aliphatic heterocycles. The maximum atomic E-state index is 11.7. The standard InChI is InChI=1S/C13H22N2O3S/c1-10(2)19(16,17)9-8-18-13-5-4-11(3)15-12(13)6-7-14/h4-5,10H,6-9,14H2,1-3H3. The molecule has 0 fully saturated rings. The molecule has 0 spiro atoms. The summed E-state index contributed by atoms with van der Waals surface area (Å²) in [6, 6.07) is 3.65. The van der Waals surface area contributed by atoms with Crippen LogP contribution in [0.2, 0.25) is 0 Å². The van der Waals surface area contributed by atoms with Gasteiger partial charge in [-0.2, -0.15) is 0 Å². The van der Waals surface area contributed by atoms with E-state index in [1.807, 2.05) is 19.1 Å². The zero-order valence-corrected chi connectivity index (χ0v) is 12.5. The molecule has 0 atom stereocenters. The van der Waals surface area contributed by atoms with Crippen molar-refractivity contribution >= 4 is 9.84 Å². The lowest BCUT2D eigenvalue weighted by Crippen LogP contribution is -2.22. The molecule has 0 aliphatic rings. The third-order valence-electron chi connectivity index (χ3n) is 2.80. The van der Waals surface area contributed by atoms with E-state index in [4.69, 9.17) is 10.5 Å². The summed E-state index contributed by atoms with van der Waals surface area (Å²) in [5.74, 6) is 0.635. The van der Waals surface area contributed by atoms with E-state index in [0.717, 1.165) is 11.4 Å². The van der Waals surface area contributed by atoms with Crippen molar-refractivity contribution in [2.24, 2.45) is 5.73 Å². The first kappa shape index (κ1) is 15.9. The maximum Gasteiger partial charge on any atom is 0.155 e. The van der Waals surface area contributed by atoms with Crippen LogP contribution in [-0.4, -0.2) is 37.6 Å². The highest BCUT2D eigenvalue weighted by Crippen LogP contribution is 2.17. The van der Waals surface area contributed by atoms with Gasteiger partial charge in [-0.25, -0.2) is 8.42 Å². The number of hydrogen-bond donors (Lipinski definition) is 1. The van der Waals surface area contributed by atoms with Crippen LogP contribution in [0.25, 0.3) is 0 Å². The number of nitrogens with two attached hydrogens (primary N) is 1. The van der Waals surface area contributed by atoms with Crippen molar-refractivity contribution in [3.8, 4) is 5.75 Å². The Bertz CT molecular complexity index is 513. The first-order valence-electron chi connectivity index (χ1n) is 6.37. The summed E-state index contributed by atoms with van der Waals surface area (Å²) in [4.78, 5) is 4.36. The van der Waals surface area contributed by atoms with Crippen LogP contribution in [0.3, 0.4) is 0 Å². The highest BCUT2D eigenvalue weighted by Gasteiger charge is 2.16. The van der Waals surface area contributed by atoms with Gasteiger partial charge in [0.2, 0.25) is 0 Å². The molecule has 108 valence electrons. The summed E-state index contributed by atoms with van der Waals surface area (Å²) >= 11 is 0. The van der Waals surface area contributed by atoms with E-state index in [-0.39, 0.29) is 17.6 Å². The molecule has 0 unspecified atom stereocenters. The number of nitrogens with zero attached hydrogens (tertiary/aromatic N) is 1. The van der Waals surface area contributed by atoms with Crippen LogP contribution >= 0.6 is 0 Å². The molecule has 0 saturated heterocycles. The topological polar surface area (TPSA) is 82.3 Å². The molecular formula is C13H22N2O3S. The van der Waals surface area contributed by atoms with Crippen molar-refractivity contribution in [1.29, 1.82) is 0 Å². The molecule has 0 radical (unpaired) electrons. The van der Waals surface area contributed by atoms with Gasteiger partial charge in [0.1, 0.15) is 12.4 Å². The van der Waals surface area contributed by atoms with E-state index in [1.165, 1.54) is 0 Å². The molecular weight excluding hydrogens is 264 g/mol. The molecule has 1 aromatic rings. The summed E-state index contributed by atoms with van der Waals surface area (Å²) in [5, 5.41) is -0.379. The van der Waals surface area contributed by atoms with E-state index >= 15 is 0 Å². The van der Waals surface area contributed by atoms with Crippen molar-refractivity contribution in [3.05, 3.63) is 23.5 Å². The summed E-state index contributed by atoms with van der Waals surface area (Å²) in [6.45, 7) is 5.86. The van der Waals surface area contributed by atoms with Gasteiger partial charge in [-0.1, -0.05) is 0 Å². The fourth-order valence-electron chi connectivity index (χ4n) is 1.55. The number of ether oxygens (including phenoxy) is 1. The molecule has 0 bridgehead atoms. The Labute approximate surface area is 115 Å². The van der Waals surface area contributed by atoms with E-state index in [2.05, 4.69) is 4.98 Å². The number of hydrogen-bond acceptors (Lipinski definition) is 5. The Kier molecular flexibility index (Phi) is 5.75. The van der Waals surface area contributed by atoms with Gasteiger partial charge < -0.3 is 10.5 Å². The normalized spacial score (nSPS) is 11.8. The van der Waals surface area contributed by atoms with Gasteiger partial charge in [-0.05, 0) is 39.4 Å². The minimum Gasteiger partial charge on any atom is -0.491 e. The van der Waals surface area contributed by atoms with Crippen LogP contribution in [0.5, 0.6) is 5.75 Å². The molecule has 0 saturated carbocycles. The minimum atomic E-state index is -3.07. The second kappa shape index (κ2) is 6.86. The summed E-state index contributed by atoms with van der Waals surface area (Å²) in [6.07, 6.45) is 0.619. The quantitative estimate of drug-likeness (QED) is 0.811. The third kappa shape index (κ3) is 4.80. The average Bonchev–Trinajstić information content (AvgIpc) is 2.32. The lowest BCUT2D eigenvalue weighted by molar-refractivity contribution is 0.334. The highest BCUT2D eigenvalue weighted by atomic mass is 32.2. The number of sulfone groups is 1. The average molecular weight is 286 g/mol. The molecule has 1 rings (SSSR count). The molecule has 6 heteroatoms. The fourth-order valence-corrected chi connectivity index (χ4v) is 2.34. The van der Waals surface area contributed by atoms with E-state index < -0.39 is 9.84 Å². The van der Waals surface area contributed by atoms with Crippen molar-refractivity contribution in [2.45, 2.75) is 32.4 Å². The molecule has 0 aromatic carbocycles. The molecule has 1 heterocycles. The number of aryl methyl sites for hydroxylation is 1. The van der Waals surface area contributed by atoms with Gasteiger partial charge in [0.25, 0.3) is 0 Å². The van der Waals surface area contributed by atoms with Crippen molar-refractivity contribution in [3.63, 3.8) is 0 Å². The Morgan fingerprint density at radius 2 is 2.05 bits per heavy atom. The number of aromatic nitrogens is 1. The first-order valence-corrected chi connectivity index (χ1v) is 8.09. The van der Waals surface area contributed by atoms with Crippen LogP contribution in [0.4, 0.5) is 0 Å². The van der Waals surface area contributed by atoms with Gasteiger partial charge in [0.05, 0.1) is 16.7 Å². The lowest BCUT2D eigenvalue weighted by atomic mass is 10.2. The van der Waals surface area contributed by atoms with Gasteiger partial charge in [0.15, 0.2) is 9.84 Å². The van der Waals surface area contributed by atoms with Crippen LogP contribution in [0.15, 0.2) is 12.1 Å². The lowest BCUT2D eigenvalue weighted by Gasteiger charge is -2.12. The number of rotatable bonds is 7. The SMILES string of the molecule is Cc1ccc(OCCS(=O)(=O)C(C)C)c(CCN)n1. The second-order valence-corrected chi connectivity index (χ2v) is 7.38. The van der Waals surface area contributed by atoms with Gasteiger partial charge in [0, 0.05) is 12.1 Å². The van der Waals surface area contributed by atoms with Crippen LogP contribution < -0.4 is 10.5 Å². The summed E-state index contributed by atoms with van der Waals surface area (Å²) in [7, 11) is -3.07. The highest BCUT2D eigenvalue weighted by molar-refractivity contribution is 7.91. The maximum absolute atomic E-state index is 11.7. The molecule has 0 amide bonds. The predicted molar refractivity (Wildman–Crippen MR) is 76.2 cm³/mol. The fraction of sp³-hybridized carbons (Fsp3) is 0.615. The first-order chi connectivity index (χ1) is 8.86. The smallest absolute Gasteiger partial charge is 0.155 e. The van der Waals surface area contributed by atoms with Crippen LogP contribution in [0.1, 0.15) is 25.2 Å². The Morgan fingerprint density at radius 1 is 1.37 bits per heavy atom. The van der Waals surface area contributed by atoms with Crippen molar-refractivity contribution in [1.82, 2.24) is 4.98 Å². The predicted octanol–water partition coefficient (Wildman–Crippen LogP) is 1.09. The molecule has 19 heavy (non-hydrogen) atoms. The number of pyridine rings is 1. The Hall–Kier alpha value is -1.14. The van der Waals surface area contributed by atoms with Crippen molar-refractivity contribution in [2.75, 3.05) is 18.9 Å². The zero-order chi connectivity index (χ0) is 14.5. The van der Waals surface area contributed by atoms with Crippen LogP contribution in [0, 0.1) is 6.92 Å². The van der Waals surface area contributed by atoms with E-state index in [1.54, 1.807) is 13.8 Å². The molecule has 5 nitrogen and oxygen atoms in total. The molecule has 2 N–H and O–H groups in total. The largest absolute Gasteiger partial charge is 0.491 e. The van der Waals surface area contributed by atoms with Crippen molar-refractivity contribution < 1.29 is 13.2 Å². The molecule has 1 aromatic heterocycles. The minimum absolute atomic E-state index is 0.0145. The molecule has 0 aliphatic carbocycles. The second-order valence-electron chi connectivity index (χ2n) is 4.70. The third-order valence-corrected chi connectivity index (χ3v) is 4.97. The van der Waals surface area contributed by atoms with Gasteiger partial charge in [-0.3, -0.25) is 4.98 Å². The van der Waals surface area contributed by atoms with Gasteiger partial charge >= 0.3 is 0 Å². The van der Waals surface area contributed by atoms with E-state index in [9.17, 15) is 8.42 Å². The summed E-state index contributed by atoms with van der Waals surface area (Å²) in [5.41, 5.74) is 7.20. The summed E-state index contributed by atoms with van der Waals surface area (Å²) < 4.78 is 28.9.